The van der Waals surface area contributed by atoms with E-state index in [4.69, 9.17) is 0 Å². The van der Waals surface area contributed by atoms with Crippen LogP contribution < -0.4 is 4.90 Å². The number of rotatable bonds is 4. The molecule has 0 unspecified atom stereocenters. The number of aromatic nitrogens is 2. The molecule has 0 aliphatic heterocycles. The largest absolute Gasteiger partial charge is 0.506 e. The van der Waals surface area contributed by atoms with Crippen molar-refractivity contribution in [1.29, 1.82) is 0 Å². The van der Waals surface area contributed by atoms with Gasteiger partial charge in [0.15, 0.2) is 0 Å². The van der Waals surface area contributed by atoms with E-state index in [0.717, 1.165) is 5.69 Å². The molecule has 0 aliphatic rings. The molecule has 0 saturated carbocycles. The van der Waals surface area contributed by atoms with Crippen LogP contribution in [0.2, 0.25) is 0 Å². The molecule has 0 fully saturated rings. The van der Waals surface area contributed by atoms with Gasteiger partial charge in [0, 0.05) is 37.4 Å². The zero-order valence-corrected chi connectivity index (χ0v) is 12.4. The van der Waals surface area contributed by atoms with Crippen molar-refractivity contribution in [2.24, 2.45) is 10.2 Å². The Morgan fingerprint density at radius 2 is 2.11 bits per heavy atom. The van der Waals surface area contributed by atoms with E-state index in [1.807, 2.05) is 31.3 Å². The standard InChI is InChI=1S/C11H13N5OS2/c1-16(2)7-4-5-8(9(17)6-7)13-14-10-12-11(18-3)15-19-10/h4-6,17H,1-3H3. The highest BCUT2D eigenvalue weighted by Crippen LogP contribution is 2.32. The summed E-state index contributed by atoms with van der Waals surface area (Å²) < 4.78 is 4.08. The fraction of sp³-hybridized carbons (Fsp3) is 0.273. The Morgan fingerprint density at radius 1 is 1.32 bits per heavy atom. The van der Waals surface area contributed by atoms with Crippen LogP contribution in [-0.2, 0) is 0 Å². The first-order chi connectivity index (χ1) is 9.10. The molecule has 0 amide bonds. The lowest BCUT2D eigenvalue weighted by atomic mass is 10.2. The molecular weight excluding hydrogens is 282 g/mol. The number of aromatic hydroxyl groups is 1. The van der Waals surface area contributed by atoms with Crippen molar-refractivity contribution in [3.63, 3.8) is 0 Å². The lowest BCUT2D eigenvalue weighted by molar-refractivity contribution is 0.476. The molecule has 8 heteroatoms. The van der Waals surface area contributed by atoms with Crippen LogP contribution >= 0.6 is 23.3 Å². The van der Waals surface area contributed by atoms with Gasteiger partial charge in [-0.05, 0) is 18.4 Å². The fourth-order valence-electron chi connectivity index (χ4n) is 1.30. The predicted molar refractivity (Wildman–Crippen MR) is 78.3 cm³/mol. The highest BCUT2D eigenvalue weighted by Gasteiger charge is 2.04. The van der Waals surface area contributed by atoms with E-state index in [1.54, 1.807) is 12.1 Å². The highest BCUT2D eigenvalue weighted by atomic mass is 32.2. The summed E-state index contributed by atoms with van der Waals surface area (Å²) in [7, 11) is 3.81. The number of phenolic OH excluding ortho intramolecular Hbond substituents is 1. The summed E-state index contributed by atoms with van der Waals surface area (Å²) in [6, 6.07) is 5.22. The smallest absolute Gasteiger partial charge is 0.250 e. The summed E-state index contributed by atoms with van der Waals surface area (Å²) in [5.74, 6) is 0.0876. The van der Waals surface area contributed by atoms with E-state index in [-0.39, 0.29) is 5.75 Å². The van der Waals surface area contributed by atoms with E-state index in [2.05, 4.69) is 19.6 Å². The van der Waals surface area contributed by atoms with E-state index in [0.29, 0.717) is 16.0 Å². The summed E-state index contributed by atoms with van der Waals surface area (Å²) >= 11 is 2.63. The Morgan fingerprint density at radius 3 is 2.68 bits per heavy atom. The maximum Gasteiger partial charge on any atom is 0.250 e. The first-order valence-electron chi connectivity index (χ1n) is 5.40. The van der Waals surface area contributed by atoms with E-state index >= 15 is 0 Å². The van der Waals surface area contributed by atoms with Gasteiger partial charge >= 0.3 is 0 Å². The Balaban J connectivity index is 2.18. The maximum absolute atomic E-state index is 9.85. The predicted octanol–water partition coefficient (Wildman–Crippen LogP) is 3.45. The van der Waals surface area contributed by atoms with Crippen LogP contribution in [0, 0.1) is 0 Å². The van der Waals surface area contributed by atoms with Gasteiger partial charge < -0.3 is 10.0 Å². The van der Waals surface area contributed by atoms with Gasteiger partial charge in [0.1, 0.15) is 11.4 Å². The molecule has 0 spiro atoms. The van der Waals surface area contributed by atoms with Gasteiger partial charge in [0.25, 0.3) is 0 Å². The number of azo groups is 1. The van der Waals surface area contributed by atoms with Crippen molar-refractivity contribution >= 4 is 39.8 Å². The molecule has 1 N–H and O–H groups in total. The van der Waals surface area contributed by atoms with Gasteiger partial charge in [0.2, 0.25) is 10.3 Å². The minimum atomic E-state index is 0.0876. The third-order valence-electron chi connectivity index (χ3n) is 2.30. The molecule has 0 radical (unpaired) electrons. The molecule has 2 aromatic rings. The maximum atomic E-state index is 9.85. The van der Waals surface area contributed by atoms with Crippen LogP contribution in [0.15, 0.2) is 33.6 Å². The molecule has 6 nitrogen and oxygen atoms in total. The first-order valence-corrected chi connectivity index (χ1v) is 7.39. The molecule has 0 atom stereocenters. The molecule has 1 heterocycles. The van der Waals surface area contributed by atoms with Crippen LogP contribution in [0.5, 0.6) is 5.75 Å². The van der Waals surface area contributed by atoms with E-state index < -0.39 is 0 Å². The van der Waals surface area contributed by atoms with Crippen LogP contribution in [-0.4, -0.2) is 34.8 Å². The Bertz CT molecular complexity index is 597. The number of nitrogens with zero attached hydrogens (tertiary/aromatic N) is 5. The molecule has 0 bridgehead atoms. The summed E-state index contributed by atoms with van der Waals surface area (Å²) in [4.78, 5) is 6.04. The molecule has 0 saturated heterocycles. The van der Waals surface area contributed by atoms with Crippen LogP contribution in [0.1, 0.15) is 0 Å². The number of hydrogen-bond donors (Lipinski definition) is 1. The second-order valence-corrected chi connectivity index (χ2v) is 5.33. The second kappa shape index (κ2) is 5.98. The van der Waals surface area contributed by atoms with E-state index in [1.165, 1.54) is 23.3 Å². The van der Waals surface area contributed by atoms with Crippen molar-refractivity contribution in [3.05, 3.63) is 18.2 Å². The highest BCUT2D eigenvalue weighted by molar-refractivity contribution is 7.98. The molecule has 100 valence electrons. The quantitative estimate of drug-likeness (QED) is 0.690. The van der Waals surface area contributed by atoms with Crippen LogP contribution in [0.25, 0.3) is 0 Å². The average Bonchev–Trinajstić information content (AvgIpc) is 2.85. The SMILES string of the molecule is CSc1nsc(N=Nc2ccc(N(C)C)cc2O)n1. The van der Waals surface area contributed by atoms with Gasteiger partial charge in [-0.2, -0.15) is 9.36 Å². The zero-order chi connectivity index (χ0) is 13.8. The number of phenols is 1. The summed E-state index contributed by atoms with van der Waals surface area (Å²) in [5, 5.41) is 18.9. The first kappa shape index (κ1) is 13.8. The van der Waals surface area contributed by atoms with Crippen LogP contribution in [0.4, 0.5) is 16.5 Å². The third-order valence-corrected chi connectivity index (χ3v) is 3.56. The van der Waals surface area contributed by atoms with Crippen molar-refractivity contribution < 1.29 is 5.11 Å². The zero-order valence-electron chi connectivity index (χ0n) is 10.7. The van der Waals surface area contributed by atoms with Crippen molar-refractivity contribution in [1.82, 2.24) is 9.36 Å². The third kappa shape index (κ3) is 3.42. The van der Waals surface area contributed by atoms with Crippen molar-refractivity contribution in [2.75, 3.05) is 25.3 Å². The van der Waals surface area contributed by atoms with Gasteiger partial charge in [-0.25, -0.2) is 0 Å². The summed E-state index contributed by atoms with van der Waals surface area (Å²) in [5.41, 5.74) is 1.31. The molecule has 19 heavy (non-hydrogen) atoms. The van der Waals surface area contributed by atoms with Gasteiger partial charge in [-0.15, -0.1) is 10.2 Å². The second-order valence-electron chi connectivity index (χ2n) is 3.83. The average molecular weight is 295 g/mol. The molecule has 0 aliphatic carbocycles. The normalized spacial score (nSPS) is 11.1. The number of hydrogen-bond acceptors (Lipinski definition) is 8. The minimum Gasteiger partial charge on any atom is -0.506 e. The Kier molecular flexibility index (Phi) is 4.33. The lowest BCUT2D eigenvalue weighted by Gasteiger charge is -2.12. The summed E-state index contributed by atoms with van der Waals surface area (Å²) in [6.07, 6.45) is 1.90. The topological polar surface area (TPSA) is 74.0 Å². The van der Waals surface area contributed by atoms with Gasteiger partial charge in [-0.1, -0.05) is 11.8 Å². The molecule has 1 aromatic heterocycles. The monoisotopic (exact) mass is 295 g/mol. The number of benzene rings is 1. The Hall–Kier alpha value is -1.67. The number of anilines is 1. The lowest BCUT2D eigenvalue weighted by Crippen LogP contribution is -2.07. The van der Waals surface area contributed by atoms with Gasteiger partial charge in [0.05, 0.1) is 0 Å². The van der Waals surface area contributed by atoms with E-state index in [9.17, 15) is 5.11 Å². The number of thioether (sulfide) groups is 1. The summed E-state index contributed by atoms with van der Waals surface area (Å²) in [6.45, 7) is 0. The molecule has 1 aromatic carbocycles. The molecule has 2 rings (SSSR count). The Labute approximate surface area is 119 Å². The molecular formula is C11H13N5OS2. The van der Waals surface area contributed by atoms with Gasteiger partial charge in [-0.3, -0.25) is 0 Å². The fourth-order valence-corrected chi connectivity index (χ4v) is 2.35. The van der Waals surface area contributed by atoms with Crippen molar-refractivity contribution in [3.8, 4) is 5.75 Å². The van der Waals surface area contributed by atoms with Crippen LogP contribution in [0.3, 0.4) is 0 Å². The van der Waals surface area contributed by atoms with Crippen molar-refractivity contribution in [2.45, 2.75) is 5.16 Å². The minimum absolute atomic E-state index is 0.0876.